The lowest BCUT2D eigenvalue weighted by atomic mass is 9.81. The number of likely N-dealkylation sites (tertiary alicyclic amines) is 1. The van der Waals surface area contributed by atoms with Crippen LogP contribution in [0.25, 0.3) is 0 Å². The molecule has 1 fully saturated rings. The first-order valence-corrected chi connectivity index (χ1v) is 12.1. The molecule has 5 rings (SSSR count). The third-order valence-corrected chi connectivity index (χ3v) is 7.05. The Hall–Kier alpha value is -3.45. The molecule has 3 aromatic carbocycles. The van der Waals surface area contributed by atoms with Gasteiger partial charge in [0.05, 0.1) is 5.56 Å². The Morgan fingerprint density at radius 3 is 2.17 bits per heavy atom. The highest BCUT2D eigenvalue weighted by molar-refractivity contribution is 6.41. The monoisotopic (exact) mass is 492 g/mol. The number of hydrogen-bond acceptors (Lipinski definition) is 4. The van der Waals surface area contributed by atoms with Crippen LogP contribution in [0, 0.1) is 11.8 Å². The number of benzene rings is 3. The summed E-state index contributed by atoms with van der Waals surface area (Å²) >= 11 is 0. The van der Waals surface area contributed by atoms with Crippen molar-refractivity contribution in [3.05, 3.63) is 107 Å². The number of ketones is 1. The van der Waals surface area contributed by atoms with Gasteiger partial charge >= 0.3 is 6.18 Å². The summed E-state index contributed by atoms with van der Waals surface area (Å²) in [4.78, 5) is 21.4. The smallest absolute Gasteiger partial charge is 0.395 e. The van der Waals surface area contributed by atoms with E-state index in [0.29, 0.717) is 38.4 Å². The number of carbonyl (C=O) groups excluding carboxylic acids is 1. The average molecular weight is 493 g/mol. The van der Waals surface area contributed by atoms with Crippen molar-refractivity contribution in [2.24, 2.45) is 17.0 Å². The zero-order valence-electron chi connectivity index (χ0n) is 19.7. The number of oxime groups is 1. The quantitative estimate of drug-likeness (QED) is 0.423. The third-order valence-electron chi connectivity index (χ3n) is 7.05. The molecule has 0 aromatic heterocycles. The van der Waals surface area contributed by atoms with Crippen LogP contribution in [0.3, 0.4) is 0 Å². The van der Waals surface area contributed by atoms with Gasteiger partial charge in [-0.15, -0.1) is 0 Å². The van der Waals surface area contributed by atoms with Crippen LogP contribution in [-0.4, -0.2) is 36.1 Å². The lowest BCUT2D eigenvalue weighted by Gasteiger charge is -2.20. The van der Waals surface area contributed by atoms with Gasteiger partial charge in [0.1, 0.15) is 12.3 Å². The number of rotatable bonds is 7. The summed E-state index contributed by atoms with van der Waals surface area (Å²) in [7, 11) is 0. The van der Waals surface area contributed by atoms with E-state index in [1.165, 1.54) is 12.1 Å². The second-order valence-corrected chi connectivity index (χ2v) is 9.54. The maximum atomic E-state index is 13.8. The Morgan fingerprint density at radius 1 is 0.889 bits per heavy atom. The number of nitrogens with zero attached hydrogens (tertiary/aromatic N) is 2. The molecule has 186 valence electrons. The molecule has 2 aliphatic rings. The first kappa shape index (κ1) is 24.3. The van der Waals surface area contributed by atoms with Gasteiger partial charge in [-0.2, -0.15) is 13.2 Å². The van der Waals surface area contributed by atoms with E-state index in [-0.39, 0.29) is 17.6 Å². The van der Waals surface area contributed by atoms with Gasteiger partial charge in [-0.05, 0) is 35.2 Å². The van der Waals surface area contributed by atoms with E-state index in [1.54, 1.807) is 0 Å². The van der Waals surface area contributed by atoms with Crippen LogP contribution >= 0.6 is 0 Å². The molecule has 0 spiro atoms. The van der Waals surface area contributed by atoms with Crippen molar-refractivity contribution in [3.63, 3.8) is 0 Å². The minimum atomic E-state index is -4.40. The molecule has 3 aromatic rings. The molecule has 0 bridgehead atoms. The number of hydrogen-bond donors (Lipinski definition) is 0. The molecular formula is C29H27F3N2O2. The zero-order chi connectivity index (χ0) is 25.1. The summed E-state index contributed by atoms with van der Waals surface area (Å²) in [6.07, 6.45) is -3.75. The summed E-state index contributed by atoms with van der Waals surface area (Å²) in [6.45, 7) is 2.10. The molecule has 0 unspecified atom stereocenters. The van der Waals surface area contributed by atoms with E-state index in [4.69, 9.17) is 4.84 Å². The van der Waals surface area contributed by atoms with Crippen molar-refractivity contribution in [2.45, 2.75) is 25.1 Å². The van der Waals surface area contributed by atoms with Crippen molar-refractivity contribution < 1.29 is 22.8 Å². The summed E-state index contributed by atoms with van der Waals surface area (Å²) in [5.41, 5.74) is 2.70. The first-order chi connectivity index (χ1) is 17.4. The van der Waals surface area contributed by atoms with Crippen LogP contribution in [0.1, 0.15) is 28.2 Å². The highest BCUT2D eigenvalue weighted by atomic mass is 19.4. The molecule has 0 saturated carbocycles. The van der Waals surface area contributed by atoms with Gasteiger partial charge in [-0.25, -0.2) is 0 Å². The molecule has 0 amide bonds. The minimum absolute atomic E-state index is 0.0751. The standard InChI is InChI=1S/C29H27F3N2O2/c30-29(31,32)24-13-11-22(12-14-24)25-17-34(16-21-9-5-2-6-10-21)18-26(25)28(35)27-23(19-36-33-27)15-20-7-3-1-4-8-20/h1-14,23,25-26H,15-19H2/t23-,25+,26-/m0/s1. The Kier molecular flexibility index (Phi) is 6.92. The lowest BCUT2D eigenvalue weighted by Crippen LogP contribution is -2.33. The van der Waals surface area contributed by atoms with Gasteiger partial charge in [-0.3, -0.25) is 9.69 Å². The topological polar surface area (TPSA) is 41.9 Å². The number of carbonyl (C=O) groups is 1. The molecule has 2 aliphatic heterocycles. The Bertz CT molecular complexity index is 1210. The second kappa shape index (κ2) is 10.3. The molecule has 0 radical (unpaired) electrons. The number of halogens is 3. The molecule has 36 heavy (non-hydrogen) atoms. The van der Waals surface area contributed by atoms with Crippen LogP contribution in [0.2, 0.25) is 0 Å². The lowest BCUT2D eigenvalue weighted by molar-refractivity contribution is -0.137. The minimum Gasteiger partial charge on any atom is -0.395 e. The number of alkyl halides is 3. The van der Waals surface area contributed by atoms with Gasteiger partial charge < -0.3 is 4.84 Å². The Morgan fingerprint density at radius 2 is 1.53 bits per heavy atom. The largest absolute Gasteiger partial charge is 0.416 e. The summed E-state index contributed by atoms with van der Waals surface area (Å²) in [5.74, 6) is -0.862. The summed E-state index contributed by atoms with van der Waals surface area (Å²) < 4.78 is 39.4. The van der Waals surface area contributed by atoms with E-state index in [0.717, 1.165) is 28.8 Å². The van der Waals surface area contributed by atoms with Crippen molar-refractivity contribution in [1.29, 1.82) is 0 Å². The van der Waals surface area contributed by atoms with Crippen molar-refractivity contribution >= 4 is 11.5 Å². The molecule has 7 heteroatoms. The molecule has 4 nitrogen and oxygen atoms in total. The maximum Gasteiger partial charge on any atom is 0.416 e. The fourth-order valence-corrected chi connectivity index (χ4v) is 5.22. The highest BCUT2D eigenvalue weighted by Gasteiger charge is 2.43. The van der Waals surface area contributed by atoms with Crippen molar-refractivity contribution in [2.75, 3.05) is 19.7 Å². The molecule has 0 aliphatic carbocycles. The number of Topliss-reactive ketones (excluding diaryl/α,β-unsaturated/α-hetero) is 1. The van der Waals surface area contributed by atoms with Gasteiger partial charge in [0.15, 0.2) is 5.78 Å². The van der Waals surface area contributed by atoms with Crippen LogP contribution in [0.4, 0.5) is 13.2 Å². The van der Waals surface area contributed by atoms with Crippen molar-refractivity contribution in [1.82, 2.24) is 4.90 Å². The van der Waals surface area contributed by atoms with E-state index >= 15 is 0 Å². The van der Waals surface area contributed by atoms with Crippen LogP contribution in [0.15, 0.2) is 90.1 Å². The van der Waals surface area contributed by atoms with Crippen LogP contribution in [0.5, 0.6) is 0 Å². The molecule has 2 heterocycles. The van der Waals surface area contributed by atoms with Crippen LogP contribution in [-0.2, 0) is 28.8 Å². The first-order valence-electron chi connectivity index (χ1n) is 12.1. The SMILES string of the molecule is O=C(C1=NOC[C@@H]1Cc1ccccc1)[C@H]1CN(Cc2ccccc2)C[C@@H]1c1ccc(C(F)(F)F)cc1. The van der Waals surface area contributed by atoms with Gasteiger partial charge in [0.2, 0.25) is 0 Å². The summed E-state index contributed by atoms with van der Waals surface area (Å²) in [5, 5.41) is 4.14. The highest BCUT2D eigenvalue weighted by Crippen LogP contribution is 2.37. The van der Waals surface area contributed by atoms with Crippen molar-refractivity contribution in [3.8, 4) is 0 Å². The van der Waals surface area contributed by atoms with Crippen LogP contribution < -0.4 is 0 Å². The molecule has 1 saturated heterocycles. The van der Waals surface area contributed by atoms with E-state index in [1.807, 2.05) is 60.7 Å². The maximum absolute atomic E-state index is 13.8. The third kappa shape index (κ3) is 5.36. The van der Waals surface area contributed by atoms with Gasteiger partial charge in [0.25, 0.3) is 0 Å². The van der Waals surface area contributed by atoms with E-state index in [9.17, 15) is 18.0 Å². The average Bonchev–Trinajstić information content (AvgIpc) is 3.52. The fourth-order valence-electron chi connectivity index (χ4n) is 5.22. The Labute approximate surface area is 208 Å². The summed E-state index contributed by atoms with van der Waals surface area (Å²) in [6, 6.07) is 25.1. The molecule has 3 atom stereocenters. The molecular weight excluding hydrogens is 465 g/mol. The normalized spacial score (nSPS) is 22.3. The predicted octanol–water partition coefficient (Wildman–Crippen LogP) is 5.74. The van der Waals surface area contributed by atoms with Gasteiger partial charge in [-0.1, -0.05) is 78.0 Å². The Balaban J connectivity index is 1.39. The van der Waals surface area contributed by atoms with Gasteiger partial charge in [0, 0.05) is 37.4 Å². The molecule has 0 N–H and O–H groups in total. The zero-order valence-corrected chi connectivity index (χ0v) is 19.7. The van der Waals surface area contributed by atoms with E-state index < -0.39 is 17.7 Å². The van der Waals surface area contributed by atoms with E-state index in [2.05, 4.69) is 10.1 Å². The fraction of sp³-hybridized carbons (Fsp3) is 0.310. The second-order valence-electron chi connectivity index (χ2n) is 9.54. The predicted molar refractivity (Wildman–Crippen MR) is 131 cm³/mol.